The van der Waals surface area contributed by atoms with Crippen molar-refractivity contribution in [3.8, 4) is 0 Å². The van der Waals surface area contributed by atoms with Gasteiger partial charge in [0.15, 0.2) is 0 Å². The van der Waals surface area contributed by atoms with Gasteiger partial charge in [0.1, 0.15) is 11.6 Å². The second-order valence-corrected chi connectivity index (χ2v) is 12.0. The van der Waals surface area contributed by atoms with Gasteiger partial charge in [-0.2, -0.15) is 0 Å². The number of carbonyl (C=O) groups is 3. The Balaban J connectivity index is 2.22. The Hall–Kier alpha value is -2.19. The maximum Gasteiger partial charge on any atom is 0.248 e. The van der Waals surface area contributed by atoms with E-state index in [1.54, 1.807) is 33.9 Å². The first kappa shape index (κ1) is 30.4. The van der Waals surface area contributed by atoms with Crippen molar-refractivity contribution >= 4 is 17.7 Å². The number of ether oxygens (including phenoxy) is 1. The monoisotopic (exact) mass is 531 g/mol. The molecule has 38 heavy (non-hydrogen) atoms. The maximum atomic E-state index is 14.6. The number of carbonyl (C=O) groups excluding carboxylic acids is 3. The summed E-state index contributed by atoms with van der Waals surface area (Å²) in [5, 5.41) is 10.5. The zero-order valence-electron chi connectivity index (χ0n) is 24.5. The Morgan fingerprint density at radius 1 is 1.21 bits per heavy atom. The fourth-order valence-electron chi connectivity index (χ4n) is 7.38. The van der Waals surface area contributed by atoms with Crippen LogP contribution in [0.1, 0.15) is 67.2 Å². The van der Waals surface area contributed by atoms with Gasteiger partial charge in [-0.3, -0.25) is 14.4 Å². The lowest BCUT2D eigenvalue weighted by Crippen LogP contribution is -2.61. The molecule has 3 aliphatic rings. The lowest BCUT2D eigenvalue weighted by molar-refractivity contribution is -0.159. The first-order valence-electron chi connectivity index (χ1n) is 14.3. The Kier molecular flexibility index (Phi) is 9.19. The van der Waals surface area contributed by atoms with Gasteiger partial charge < -0.3 is 24.5 Å². The first-order valence-corrected chi connectivity index (χ1v) is 14.3. The number of likely N-dealkylation sites (N-methyl/N-ethyl adjacent to an activating group) is 1. The molecule has 0 radical (unpaired) electrons. The van der Waals surface area contributed by atoms with Crippen LogP contribution in [0.15, 0.2) is 25.3 Å². The Bertz CT molecular complexity index is 939. The second kappa shape index (κ2) is 11.5. The molecule has 3 heterocycles. The van der Waals surface area contributed by atoms with Crippen LogP contribution < -0.4 is 0 Å². The molecule has 0 aliphatic carbocycles. The van der Waals surface area contributed by atoms with Gasteiger partial charge in [0, 0.05) is 26.2 Å². The molecule has 1 N–H and O–H groups in total. The van der Waals surface area contributed by atoms with Gasteiger partial charge >= 0.3 is 0 Å². The highest BCUT2D eigenvalue weighted by Crippen LogP contribution is 2.66. The van der Waals surface area contributed by atoms with E-state index in [1.807, 2.05) is 34.6 Å². The highest BCUT2D eigenvalue weighted by Gasteiger charge is 2.80. The molecule has 0 aromatic carbocycles. The summed E-state index contributed by atoms with van der Waals surface area (Å²) in [4.78, 5) is 48.0. The molecule has 3 amide bonds. The predicted octanol–water partition coefficient (Wildman–Crippen LogP) is 3.25. The van der Waals surface area contributed by atoms with Crippen molar-refractivity contribution in [2.45, 2.75) is 96.6 Å². The number of hydrogen-bond donors (Lipinski definition) is 1. The number of aliphatic hydroxyl groups excluding tert-OH is 1. The number of amides is 3. The molecular formula is C30H49N3O5. The van der Waals surface area contributed by atoms with Gasteiger partial charge in [0.05, 0.1) is 30.1 Å². The van der Waals surface area contributed by atoms with Crippen molar-refractivity contribution < 1.29 is 24.2 Å². The van der Waals surface area contributed by atoms with E-state index in [4.69, 9.17) is 4.74 Å². The molecule has 8 heteroatoms. The Morgan fingerprint density at radius 2 is 1.84 bits per heavy atom. The molecule has 9 atom stereocenters. The molecule has 214 valence electrons. The molecule has 1 spiro atoms. The topological polar surface area (TPSA) is 90.4 Å². The largest absolute Gasteiger partial charge is 0.394 e. The van der Waals surface area contributed by atoms with E-state index in [0.717, 1.165) is 19.3 Å². The van der Waals surface area contributed by atoms with E-state index in [0.29, 0.717) is 19.5 Å². The van der Waals surface area contributed by atoms with Crippen LogP contribution in [0.5, 0.6) is 0 Å². The summed E-state index contributed by atoms with van der Waals surface area (Å²) in [6, 6.07) is -1.53. The van der Waals surface area contributed by atoms with Crippen molar-refractivity contribution in [2.24, 2.45) is 23.7 Å². The zero-order chi connectivity index (χ0) is 28.6. The van der Waals surface area contributed by atoms with Crippen molar-refractivity contribution in [1.29, 1.82) is 0 Å². The van der Waals surface area contributed by atoms with Crippen LogP contribution in [0, 0.1) is 23.7 Å². The average molecular weight is 532 g/mol. The number of likely N-dealkylation sites (tertiary alicyclic amines) is 1. The van der Waals surface area contributed by atoms with Crippen LogP contribution in [-0.4, -0.2) is 93.6 Å². The molecule has 3 fully saturated rings. The van der Waals surface area contributed by atoms with E-state index in [9.17, 15) is 19.5 Å². The minimum atomic E-state index is -1.14. The quantitative estimate of drug-likeness (QED) is 0.369. The third kappa shape index (κ3) is 4.51. The molecule has 0 saturated carbocycles. The van der Waals surface area contributed by atoms with Gasteiger partial charge in [-0.1, -0.05) is 52.7 Å². The first-order chi connectivity index (χ1) is 17.9. The molecule has 8 nitrogen and oxygen atoms in total. The summed E-state index contributed by atoms with van der Waals surface area (Å²) in [6.07, 6.45) is 6.34. The minimum absolute atomic E-state index is 0.0371. The third-order valence-corrected chi connectivity index (χ3v) is 9.72. The van der Waals surface area contributed by atoms with Crippen LogP contribution in [0.25, 0.3) is 0 Å². The molecule has 0 aromatic heterocycles. The maximum absolute atomic E-state index is 14.6. The summed E-state index contributed by atoms with van der Waals surface area (Å²) in [5.74, 6) is -2.21. The van der Waals surface area contributed by atoms with E-state index in [1.165, 1.54) is 0 Å². The fourth-order valence-corrected chi connectivity index (χ4v) is 7.38. The summed E-state index contributed by atoms with van der Waals surface area (Å²) < 4.78 is 6.87. The van der Waals surface area contributed by atoms with Crippen LogP contribution in [0.4, 0.5) is 0 Å². The van der Waals surface area contributed by atoms with Crippen molar-refractivity contribution in [3.63, 3.8) is 0 Å². The Labute approximate surface area is 229 Å². The highest BCUT2D eigenvalue weighted by atomic mass is 16.5. The van der Waals surface area contributed by atoms with Gasteiger partial charge in [0.25, 0.3) is 0 Å². The van der Waals surface area contributed by atoms with Crippen LogP contribution in [0.2, 0.25) is 0 Å². The van der Waals surface area contributed by atoms with Crippen molar-refractivity contribution in [2.75, 3.05) is 26.7 Å². The van der Waals surface area contributed by atoms with Crippen LogP contribution in [-0.2, 0) is 19.1 Å². The number of fused-ring (bicyclic) bond motifs is 1. The number of nitrogens with zero attached hydrogens (tertiary/aromatic N) is 3. The molecule has 3 rings (SSSR count). The van der Waals surface area contributed by atoms with E-state index < -0.39 is 35.1 Å². The third-order valence-electron chi connectivity index (χ3n) is 9.72. The summed E-state index contributed by atoms with van der Waals surface area (Å²) in [7, 11) is 1.71. The van der Waals surface area contributed by atoms with Gasteiger partial charge in [-0.05, 0) is 38.5 Å². The molecule has 4 unspecified atom stereocenters. The SMILES string of the molecule is C=CCN(C)C(=O)[C@H]1[C@H]2C(=O)N([C@@H](CO)[C@@H](C)CC)C(C(=O)N(CC=C)C(C)CCC)C23CC(C)[C@]1(C)O3. The standard InChI is InChI=1S/C30H49N3O5/c1-10-14-21(7)32(16-12-3)28(37)25-30-17-20(6)29(8,38-30)23(26(35)31(9)15-11-2)24(30)27(36)33(25)22(18-34)19(5)13-4/h11-12,19-25,34H,2-3,10,13-18H2,1,4-9H3/t19-,20?,21?,22-,23+,24-,25?,29-,30?/m0/s1. The highest BCUT2D eigenvalue weighted by molar-refractivity contribution is 5.99. The summed E-state index contributed by atoms with van der Waals surface area (Å²) in [6.45, 7) is 20.2. The smallest absolute Gasteiger partial charge is 0.248 e. The second-order valence-electron chi connectivity index (χ2n) is 12.0. The molecule has 2 bridgehead atoms. The normalized spacial score (nSPS) is 34.0. The van der Waals surface area contributed by atoms with Crippen LogP contribution >= 0.6 is 0 Å². The zero-order valence-corrected chi connectivity index (χ0v) is 24.5. The number of rotatable bonds is 13. The lowest BCUT2D eigenvalue weighted by Gasteiger charge is -2.42. The van der Waals surface area contributed by atoms with Crippen molar-refractivity contribution in [1.82, 2.24) is 14.7 Å². The molecule has 3 saturated heterocycles. The molecule has 0 aromatic rings. The summed E-state index contributed by atoms with van der Waals surface area (Å²) >= 11 is 0. The lowest BCUT2D eigenvalue weighted by atomic mass is 9.62. The number of hydrogen-bond acceptors (Lipinski definition) is 5. The minimum Gasteiger partial charge on any atom is -0.394 e. The van der Waals surface area contributed by atoms with Crippen LogP contribution in [0.3, 0.4) is 0 Å². The van der Waals surface area contributed by atoms with E-state index in [2.05, 4.69) is 20.1 Å². The average Bonchev–Trinajstić information content (AvgIpc) is 3.39. The Morgan fingerprint density at radius 3 is 2.37 bits per heavy atom. The fraction of sp³-hybridized carbons (Fsp3) is 0.767. The molecule has 3 aliphatic heterocycles. The predicted molar refractivity (Wildman–Crippen MR) is 148 cm³/mol. The number of aliphatic hydroxyl groups is 1. The van der Waals surface area contributed by atoms with E-state index >= 15 is 0 Å². The summed E-state index contributed by atoms with van der Waals surface area (Å²) in [5.41, 5.74) is -2.01. The van der Waals surface area contributed by atoms with Crippen molar-refractivity contribution in [3.05, 3.63) is 25.3 Å². The molecular weight excluding hydrogens is 482 g/mol. The van der Waals surface area contributed by atoms with E-state index in [-0.39, 0.29) is 42.2 Å². The van der Waals surface area contributed by atoms with Gasteiger partial charge in [0.2, 0.25) is 17.7 Å². The van der Waals surface area contributed by atoms with Gasteiger partial charge in [-0.15, -0.1) is 13.2 Å². The van der Waals surface area contributed by atoms with Gasteiger partial charge in [-0.25, -0.2) is 0 Å².